The minimum absolute atomic E-state index is 0.0453. The number of piperazine rings is 1. The lowest BCUT2D eigenvalue weighted by molar-refractivity contribution is -0.123. The van der Waals surface area contributed by atoms with Crippen molar-refractivity contribution in [3.05, 3.63) is 24.3 Å². The molecule has 1 fully saturated rings. The van der Waals surface area contributed by atoms with Gasteiger partial charge >= 0.3 is 0 Å². The summed E-state index contributed by atoms with van der Waals surface area (Å²) in [5.74, 6) is 1.42. The van der Waals surface area contributed by atoms with Crippen LogP contribution >= 0.6 is 0 Å². The minimum atomic E-state index is -0.0790. The highest BCUT2D eigenvalue weighted by Gasteiger charge is 2.12. The van der Waals surface area contributed by atoms with Crippen molar-refractivity contribution in [2.75, 3.05) is 59.5 Å². The molecule has 1 N–H and O–H groups in total. The second kappa shape index (κ2) is 10.9. The van der Waals surface area contributed by atoms with Crippen LogP contribution in [0.1, 0.15) is 19.8 Å². The van der Waals surface area contributed by atoms with E-state index in [-0.39, 0.29) is 12.5 Å². The smallest absolute Gasteiger partial charge is 0.257 e. The third kappa shape index (κ3) is 7.75. The molecular weight excluding hydrogens is 318 g/mol. The van der Waals surface area contributed by atoms with Crippen LogP contribution in [-0.2, 0) is 4.79 Å². The second-order valence-corrected chi connectivity index (χ2v) is 6.46. The summed E-state index contributed by atoms with van der Waals surface area (Å²) in [6, 6.07) is 7.37. The molecule has 0 saturated carbocycles. The number of amides is 1. The summed E-state index contributed by atoms with van der Waals surface area (Å²) < 4.78 is 11.0. The summed E-state index contributed by atoms with van der Waals surface area (Å²) in [7, 11) is 2.16. The zero-order valence-electron chi connectivity index (χ0n) is 15.5. The Morgan fingerprint density at radius 2 is 1.72 bits per heavy atom. The van der Waals surface area contributed by atoms with Crippen molar-refractivity contribution in [3.8, 4) is 11.5 Å². The monoisotopic (exact) mass is 349 g/mol. The van der Waals surface area contributed by atoms with E-state index in [2.05, 4.69) is 29.1 Å². The van der Waals surface area contributed by atoms with Gasteiger partial charge < -0.3 is 24.6 Å². The first-order chi connectivity index (χ1) is 12.2. The highest BCUT2D eigenvalue weighted by Crippen LogP contribution is 2.17. The van der Waals surface area contributed by atoms with Gasteiger partial charge in [0.15, 0.2) is 6.61 Å². The van der Waals surface area contributed by atoms with E-state index in [1.165, 1.54) is 0 Å². The predicted octanol–water partition coefficient (Wildman–Crippen LogP) is 1.61. The highest BCUT2D eigenvalue weighted by molar-refractivity contribution is 5.77. The second-order valence-electron chi connectivity index (χ2n) is 6.46. The van der Waals surface area contributed by atoms with E-state index in [4.69, 9.17) is 9.47 Å². The van der Waals surface area contributed by atoms with Crippen LogP contribution in [0.2, 0.25) is 0 Å². The maximum absolute atomic E-state index is 11.8. The van der Waals surface area contributed by atoms with E-state index in [1.807, 2.05) is 24.3 Å². The van der Waals surface area contributed by atoms with Gasteiger partial charge in [-0.1, -0.05) is 6.92 Å². The molecule has 0 radical (unpaired) electrons. The number of carbonyl (C=O) groups is 1. The molecule has 0 atom stereocenters. The van der Waals surface area contributed by atoms with Gasteiger partial charge in [-0.05, 0) is 50.7 Å². The van der Waals surface area contributed by atoms with Crippen molar-refractivity contribution in [3.63, 3.8) is 0 Å². The SMILES string of the molecule is CCCOc1ccc(OCC(=O)NCCCN2CCN(C)CC2)cc1. The molecule has 6 nitrogen and oxygen atoms in total. The average Bonchev–Trinajstić information content (AvgIpc) is 2.64. The van der Waals surface area contributed by atoms with Gasteiger partial charge in [0.1, 0.15) is 11.5 Å². The molecule has 1 heterocycles. The number of nitrogens with one attached hydrogen (secondary N) is 1. The lowest BCUT2D eigenvalue weighted by Gasteiger charge is -2.32. The summed E-state index contributed by atoms with van der Waals surface area (Å²) >= 11 is 0. The zero-order valence-corrected chi connectivity index (χ0v) is 15.5. The fourth-order valence-electron chi connectivity index (χ4n) is 2.65. The van der Waals surface area contributed by atoms with E-state index in [0.29, 0.717) is 18.9 Å². The number of nitrogens with zero attached hydrogens (tertiary/aromatic N) is 2. The van der Waals surface area contributed by atoms with Crippen LogP contribution < -0.4 is 14.8 Å². The van der Waals surface area contributed by atoms with Gasteiger partial charge in [-0.2, -0.15) is 0 Å². The predicted molar refractivity (Wildman–Crippen MR) is 99.3 cm³/mol. The largest absolute Gasteiger partial charge is 0.494 e. The van der Waals surface area contributed by atoms with Gasteiger partial charge in [-0.25, -0.2) is 0 Å². The summed E-state index contributed by atoms with van der Waals surface area (Å²) in [6.45, 7) is 9.04. The summed E-state index contributed by atoms with van der Waals surface area (Å²) in [5, 5.41) is 2.91. The van der Waals surface area contributed by atoms with E-state index in [0.717, 1.165) is 51.3 Å². The molecule has 140 valence electrons. The molecule has 1 aromatic carbocycles. The van der Waals surface area contributed by atoms with Crippen LogP contribution in [0.3, 0.4) is 0 Å². The van der Waals surface area contributed by atoms with E-state index >= 15 is 0 Å². The first-order valence-corrected chi connectivity index (χ1v) is 9.20. The van der Waals surface area contributed by atoms with Gasteiger partial charge in [0.25, 0.3) is 5.91 Å². The van der Waals surface area contributed by atoms with Crippen molar-refractivity contribution in [1.82, 2.24) is 15.1 Å². The fourth-order valence-corrected chi connectivity index (χ4v) is 2.65. The molecule has 6 heteroatoms. The Bertz CT molecular complexity index is 499. The average molecular weight is 349 g/mol. The molecule has 1 saturated heterocycles. The van der Waals surface area contributed by atoms with Gasteiger partial charge in [0.2, 0.25) is 0 Å². The van der Waals surface area contributed by atoms with Crippen molar-refractivity contribution in [2.24, 2.45) is 0 Å². The fraction of sp³-hybridized carbons (Fsp3) is 0.632. The van der Waals surface area contributed by atoms with Crippen molar-refractivity contribution < 1.29 is 14.3 Å². The lowest BCUT2D eigenvalue weighted by atomic mass is 10.3. The summed E-state index contributed by atoms with van der Waals surface area (Å²) in [6.07, 6.45) is 1.95. The summed E-state index contributed by atoms with van der Waals surface area (Å²) in [4.78, 5) is 16.6. The van der Waals surface area contributed by atoms with Gasteiger partial charge in [-0.15, -0.1) is 0 Å². The topological polar surface area (TPSA) is 54.0 Å². The maximum atomic E-state index is 11.8. The Morgan fingerprint density at radius 3 is 2.36 bits per heavy atom. The highest BCUT2D eigenvalue weighted by atomic mass is 16.5. The van der Waals surface area contributed by atoms with Gasteiger partial charge in [0, 0.05) is 32.7 Å². The minimum Gasteiger partial charge on any atom is -0.494 e. The number of rotatable bonds is 10. The molecule has 0 aliphatic carbocycles. The van der Waals surface area contributed by atoms with Gasteiger partial charge in [0.05, 0.1) is 6.61 Å². The third-order valence-electron chi connectivity index (χ3n) is 4.24. The molecule has 1 aliphatic rings. The van der Waals surface area contributed by atoms with Crippen molar-refractivity contribution >= 4 is 5.91 Å². The normalized spacial score (nSPS) is 15.8. The molecule has 0 bridgehead atoms. The Morgan fingerprint density at radius 1 is 1.08 bits per heavy atom. The van der Waals surface area contributed by atoms with Crippen LogP contribution in [0.15, 0.2) is 24.3 Å². The molecule has 0 aromatic heterocycles. The molecule has 25 heavy (non-hydrogen) atoms. The Labute approximate surface area is 151 Å². The van der Waals surface area contributed by atoms with Crippen LogP contribution in [0, 0.1) is 0 Å². The lowest BCUT2D eigenvalue weighted by Crippen LogP contribution is -2.45. The standard InChI is InChI=1S/C19H31N3O3/c1-3-15-24-17-5-7-18(8-6-17)25-16-19(23)20-9-4-10-22-13-11-21(2)12-14-22/h5-8H,3-4,9-16H2,1-2H3,(H,20,23). The van der Waals surface area contributed by atoms with Crippen LogP contribution in [0.4, 0.5) is 0 Å². The molecule has 2 rings (SSSR count). The number of likely N-dealkylation sites (N-methyl/N-ethyl adjacent to an activating group) is 1. The van der Waals surface area contributed by atoms with E-state index < -0.39 is 0 Å². The quantitative estimate of drug-likeness (QED) is 0.651. The molecule has 1 aliphatic heterocycles. The first kappa shape index (κ1) is 19.5. The van der Waals surface area contributed by atoms with Crippen molar-refractivity contribution in [2.45, 2.75) is 19.8 Å². The molecule has 1 amide bonds. The number of hydrogen-bond acceptors (Lipinski definition) is 5. The first-order valence-electron chi connectivity index (χ1n) is 9.20. The van der Waals surface area contributed by atoms with Crippen LogP contribution in [-0.4, -0.2) is 75.2 Å². The van der Waals surface area contributed by atoms with E-state index in [1.54, 1.807) is 0 Å². The Kier molecular flexibility index (Phi) is 8.55. The summed E-state index contributed by atoms with van der Waals surface area (Å²) in [5.41, 5.74) is 0. The maximum Gasteiger partial charge on any atom is 0.257 e. The number of carbonyl (C=O) groups excluding carboxylic acids is 1. The Balaban J connectivity index is 1.54. The Hall–Kier alpha value is -1.79. The zero-order chi connectivity index (χ0) is 17.9. The molecule has 0 unspecified atom stereocenters. The van der Waals surface area contributed by atoms with Crippen LogP contribution in [0.5, 0.6) is 11.5 Å². The van der Waals surface area contributed by atoms with Crippen LogP contribution in [0.25, 0.3) is 0 Å². The molecular formula is C19H31N3O3. The number of benzene rings is 1. The molecule has 1 aromatic rings. The third-order valence-corrected chi connectivity index (χ3v) is 4.24. The van der Waals surface area contributed by atoms with Crippen molar-refractivity contribution in [1.29, 1.82) is 0 Å². The van der Waals surface area contributed by atoms with Gasteiger partial charge in [-0.3, -0.25) is 4.79 Å². The number of ether oxygens (including phenoxy) is 2. The van der Waals surface area contributed by atoms with E-state index in [9.17, 15) is 4.79 Å². The number of hydrogen-bond donors (Lipinski definition) is 1. The molecule has 0 spiro atoms.